The smallest absolute Gasteiger partial charge is 0.322 e. The number of nitrogens with zero attached hydrogens (tertiary/aromatic N) is 2. The van der Waals surface area contributed by atoms with Crippen molar-refractivity contribution in [3.63, 3.8) is 0 Å². The maximum atomic E-state index is 13.1. The number of urea groups is 1. The van der Waals surface area contributed by atoms with E-state index in [1.54, 1.807) is 0 Å². The Morgan fingerprint density at radius 2 is 1.85 bits per heavy atom. The Hall–Kier alpha value is -1.63. The molecule has 26 heavy (non-hydrogen) atoms. The molecule has 1 aromatic carbocycles. The van der Waals surface area contributed by atoms with Gasteiger partial charge in [0.1, 0.15) is 0 Å². The monoisotopic (exact) mass is 361 g/mol. The molecule has 2 aliphatic heterocycles. The second kappa shape index (κ2) is 9.35. The van der Waals surface area contributed by atoms with Crippen LogP contribution >= 0.6 is 0 Å². The Bertz CT molecular complexity index is 596. The number of carbonyl (C=O) groups excluding carboxylic acids is 1. The number of hydrogen-bond donors (Lipinski definition) is 1. The van der Waals surface area contributed by atoms with Crippen molar-refractivity contribution < 1.29 is 14.3 Å². The van der Waals surface area contributed by atoms with Crippen LogP contribution in [0.2, 0.25) is 0 Å². The lowest BCUT2D eigenvalue weighted by Gasteiger charge is -2.36. The van der Waals surface area contributed by atoms with Crippen molar-refractivity contribution in [2.45, 2.75) is 32.7 Å². The third-order valence-electron chi connectivity index (χ3n) is 5.50. The van der Waals surface area contributed by atoms with Crippen LogP contribution < -0.4 is 5.32 Å². The second-order valence-corrected chi connectivity index (χ2v) is 7.17. The van der Waals surface area contributed by atoms with Crippen molar-refractivity contribution in [1.82, 2.24) is 9.80 Å². The topological polar surface area (TPSA) is 54.0 Å². The van der Waals surface area contributed by atoms with Gasteiger partial charge in [0.05, 0.1) is 13.2 Å². The molecule has 1 N–H and O–H groups in total. The van der Waals surface area contributed by atoms with Crippen LogP contribution in [0.25, 0.3) is 0 Å². The summed E-state index contributed by atoms with van der Waals surface area (Å²) in [6, 6.07) is 6.28. The summed E-state index contributed by atoms with van der Waals surface area (Å²) in [7, 11) is 0. The zero-order chi connectivity index (χ0) is 18.4. The predicted molar refractivity (Wildman–Crippen MR) is 103 cm³/mol. The molecule has 0 unspecified atom stereocenters. The average molecular weight is 361 g/mol. The van der Waals surface area contributed by atoms with Gasteiger partial charge in [-0.2, -0.15) is 0 Å². The molecule has 2 saturated heterocycles. The van der Waals surface area contributed by atoms with Crippen molar-refractivity contribution in [2.24, 2.45) is 0 Å². The molecule has 2 heterocycles. The highest BCUT2D eigenvalue weighted by atomic mass is 16.5. The van der Waals surface area contributed by atoms with Gasteiger partial charge in [-0.1, -0.05) is 12.1 Å². The molecule has 2 aliphatic rings. The van der Waals surface area contributed by atoms with E-state index in [0.29, 0.717) is 0 Å². The summed E-state index contributed by atoms with van der Waals surface area (Å²) in [4.78, 5) is 17.5. The first-order chi connectivity index (χ1) is 12.6. The number of benzene rings is 1. The van der Waals surface area contributed by atoms with Gasteiger partial charge in [0.25, 0.3) is 0 Å². The highest BCUT2D eigenvalue weighted by Gasteiger charge is 2.27. The van der Waals surface area contributed by atoms with E-state index in [-0.39, 0.29) is 12.1 Å². The van der Waals surface area contributed by atoms with Gasteiger partial charge in [-0.05, 0) is 43.9 Å². The molecule has 6 nitrogen and oxygen atoms in total. The van der Waals surface area contributed by atoms with E-state index < -0.39 is 0 Å². The van der Waals surface area contributed by atoms with E-state index in [2.05, 4.69) is 30.1 Å². The number of ether oxygens (including phenoxy) is 2. The van der Waals surface area contributed by atoms with Gasteiger partial charge >= 0.3 is 6.03 Å². The summed E-state index contributed by atoms with van der Waals surface area (Å²) in [5.74, 6) is 0. The fraction of sp³-hybridized carbons (Fsp3) is 0.650. The lowest BCUT2D eigenvalue weighted by Crippen LogP contribution is -2.49. The van der Waals surface area contributed by atoms with Gasteiger partial charge in [-0.3, -0.25) is 4.90 Å². The third kappa shape index (κ3) is 4.96. The minimum atomic E-state index is -0.00106. The van der Waals surface area contributed by atoms with Crippen LogP contribution in [0.3, 0.4) is 0 Å². The Kier molecular flexibility index (Phi) is 6.88. The van der Waals surface area contributed by atoms with Gasteiger partial charge in [0.2, 0.25) is 0 Å². The highest BCUT2D eigenvalue weighted by molar-refractivity contribution is 5.90. The van der Waals surface area contributed by atoms with Crippen LogP contribution in [0, 0.1) is 13.8 Å². The maximum Gasteiger partial charge on any atom is 0.322 e. The number of anilines is 1. The molecule has 0 aliphatic carbocycles. The quantitative estimate of drug-likeness (QED) is 0.876. The van der Waals surface area contributed by atoms with E-state index in [1.165, 1.54) is 5.56 Å². The molecule has 144 valence electrons. The number of amides is 2. The van der Waals surface area contributed by atoms with E-state index in [9.17, 15) is 4.79 Å². The zero-order valence-electron chi connectivity index (χ0n) is 16.0. The summed E-state index contributed by atoms with van der Waals surface area (Å²) in [6.45, 7) is 10.7. The van der Waals surface area contributed by atoms with Gasteiger partial charge in [-0.25, -0.2) is 4.79 Å². The van der Waals surface area contributed by atoms with Crippen molar-refractivity contribution in [3.05, 3.63) is 29.3 Å². The molecule has 2 fully saturated rings. The Labute approximate surface area is 156 Å². The van der Waals surface area contributed by atoms with Crippen molar-refractivity contribution in [3.8, 4) is 0 Å². The molecule has 0 radical (unpaired) electrons. The van der Waals surface area contributed by atoms with Gasteiger partial charge in [-0.15, -0.1) is 0 Å². The molecule has 0 aromatic heterocycles. The third-order valence-corrected chi connectivity index (χ3v) is 5.50. The van der Waals surface area contributed by atoms with Gasteiger partial charge in [0, 0.05) is 51.1 Å². The normalized spacial score (nSPS) is 19.3. The molecule has 0 bridgehead atoms. The standard InChI is InChI=1S/C20H31N3O3/c1-16-4-3-5-19(17(16)2)21-20(24)23(18-6-12-25-13-7-18)9-8-22-10-14-26-15-11-22/h3-5,18H,6-15H2,1-2H3,(H,21,24). The van der Waals surface area contributed by atoms with Crippen LogP contribution in [0.5, 0.6) is 0 Å². The fourth-order valence-electron chi connectivity index (χ4n) is 3.59. The fourth-order valence-corrected chi connectivity index (χ4v) is 3.59. The molecular weight excluding hydrogens is 330 g/mol. The van der Waals surface area contributed by atoms with Crippen LogP contribution in [0.1, 0.15) is 24.0 Å². The Balaban J connectivity index is 1.66. The minimum absolute atomic E-state index is 0.00106. The number of morpholine rings is 1. The maximum absolute atomic E-state index is 13.1. The largest absolute Gasteiger partial charge is 0.381 e. The number of carbonyl (C=O) groups is 1. The highest BCUT2D eigenvalue weighted by Crippen LogP contribution is 2.21. The molecule has 0 spiro atoms. The van der Waals surface area contributed by atoms with Crippen LogP contribution in [-0.4, -0.2) is 74.5 Å². The summed E-state index contributed by atoms with van der Waals surface area (Å²) in [5, 5.41) is 3.14. The Morgan fingerprint density at radius 3 is 2.58 bits per heavy atom. The van der Waals surface area contributed by atoms with Gasteiger partial charge < -0.3 is 19.7 Å². The Morgan fingerprint density at radius 1 is 1.15 bits per heavy atom. The van der Waals surface area contributed by atoms with Crippen molar-refractivity contribution in [1.29, 1.82) is 0 Å². The molecular formula is C20H31N3O3. The molecule has 6 heteroatoms. The first-order valence-electron chi connectivity index (χ1n) is 9.67. The first kappa shape index (κ1) is 19.1. The van der Waals surface area contributed by atoms with Crippen molar-refractivity contribution >= 4 is 11.7 Å². The summed E-state index contributed by atoms with van der Waals surface area (Å²) < 4.78 is 10.9. The summed E-state index contributed by atoms with van der Waals surface area (Å²) in [6.07, 6.45) is 1.81. The number of hydrogen-bond acceptors (Lipinski definition) is 4. The average Bonchev–Trinajstić information content (AvgIpc) is 2.67. The van der Waals surface area contributed by atoms with E-state index in [1.807, 2.05) is 17.0 Å². The molecule has 0 saturated carbocycles. The predicted octanol–water partition coefficient (Wildman–Crippen LogP) is 2.65. The van der Waals surface area contributed by atoms with Crippen LogP contribution in [0.15, 0.2) is 18.2 Å². The van der Waals surface area contributed by atoms with Gasteiger partial charge in [0.15, 0.2) is 0 Å². The SMILES string of the molecule is Cc1cccc(NC(=O)N(CCN2CCOCC2)C2CCOCC2)c1C. The molecule has 1 aromatic rings. The zero-order valence-corrected chi connectivity index (χ0v) is 16.0. The second-order valence-electron chi connectivity index (χ2n) is 7.17. The molecule has 0 atom stereocenters. The van der Waals surface area contributed by atoms with Crippen LogP contribution in [-0.2, 0) is 9.47 Å². The number of nitrogens with one attached hydrogen (secondary N) is 1. The van der Waals surface area contributed by atoms with Crippen molar-refractivity contribution in [2.75, 3.05) is 57.9 Å². The number of rotatable bonds is 5. The molecule has 2 amide bonds. The van der Waals surface area contributed by atoms with E-state index in [4.69, 9.17) is 9.47 Å². The summed E-state index contributed by atoms with van der Waals surface area (Å²) >= 11 is 0. The first-order valence-corrected chi connectivity index (χ1v) is 9.67. The van der Waals surface area contributed by atoms with E-state index >= 15 is 0 Å². The van der Waals surface area contributed by atoms with Crippen LogP contribution in [0.4, 0.5) is 10.5 Å². The minimum Gasteiger partial charge on any atom is -0.381 e. The number of aryl methyl sites for hydroxylation is 1. The summed E-state index contributed by atoms with van der Waals surface area (Å²) in [5.41, 5.74) is 3.22. The lowest BCUT2D eigenvalue weighted by molar-refractivity contribution is 0.0238. The lowest BCUT2D eigenvalue weighted by atomic mass is 10.1. The van der Waals surface area contributed by atoms with E-state index in [0.717, 1.165) is 76.7 Å². The molecule has 3 rings (SSSR count).